The van der Waals surface area contributed by atoms with Gasteiger partial charge in [-0.05, 0) is 42.8 Å². The predicted octanol–water partition coefficient (Wildman–Crippen LogP) is 4.02. The Bertz CT molecular complexity index is 973. The third-order valence-electron chi connectivity index (χ3n) is 4.29. The minimum absolute atomic E-state index is 0.202. The average Bonchev–Trinajstić information content (AvgIpc) is 3.04. The number of hydrogen-bond acceptors (Lipinski definition) is 5. The van der Waals surface area contributed by atoms with Gasteiger partial charge in [0.2, 0.25) is 5.91 Å². The molecule has 7 heteroatoms. The van der Waals surface area contributed by atoms with Crippen molar-refractivity contribution in [3.05, 3.63) is 69.7 Å². The highest BCUT2D eigenvalue weighted by atomic mass is 35.5. The Morgan fingerprint density at radius 1 is 1.32 bits per heavy atom. The molecule has 28 heavy (non-hydrogen) atoms. The van der Waals surface area contributed by atoms with Crippen LogP contribution in [0.3, 0.4) is 0 Å². The smallest absolute Gasteiger partial charge is 0.341 e. The zero-order chi connectivity index (χ0) is 20.3. The van der Waals surface area contributed by atoms with Gasteiger partial charge in [0.25, 0.3) is 0 Å². The SMILES string of the molecule is COC(=O)c1cc(CN(C)C(=O)/C=C/C2=Cc3cc(Cl)ccc3OC2)oc1C. The van der Waals surface area contributed by atoms with Crippen LogP contribution in [0.25, 0.3) is 6.08 Å². The molecule has 1 aromatic carbocycles. The third kappa shape index (κ3) is 4.46. The van der Waals surface area contributed by atoms with Crippen molar-refractivity contribution in [1.29, 1.82) is 0 Å². The molecule has 0 N–H and O–H groups in total. The van der Waals surface area contributed by atoms with Crippen molar-refractivity contribution >= 4 is 29.6 Å². The van der Waals surface area contributed by atoms with Crippen LogP contribution in [0.4, 0.5) is 0 Å². The molecule has 146 valence electrons. The monoisotopic (exact) mass is 401 g/mol. The fraction of sp³-hybridized carbons (Fsp3) is 0.238. The van der Waals surface area contributed by atoms with E-state index in [9.17, 15) is 9.59 Å². The summed E-state index contributed by atoms with van der Waals surface area (Å²) < 4.78 is 15.9. The van der Waals surface area contributed by atoms with Crippen LogP contribution in [0, 0.1) is 6.92 Å². The van der Waals surface area contributed by atoms with E-state index in [1.54, 1.807) is 32.2 Å². The molecule has 3 rings (SSSR count). The second-order valence-corrected chi connectivity index (χ2v) is 6.83. The number of carbonyl (C=O) groups excluding carboxylic acids is 2. The number of fused-ring (bicyclic) bond motifs is 1. The molecule has 0 saturated carbocycles. The van der Waals surface area contributed by atoms with E-state index in [0.29, 0.717) is 28.7 Å². The summed E-state index contributed by atoms with van der Waals surface area (Å²) in [5, 5.41) is 0.625. The number of hydrogen-bond donors (Lipinski definition) is 0. The fourth-order valence-electron chi connectivity index (χ4n) is 2.81. The predicted molar refractivity (Wildman–Crippen MR) is 105 cm³/mol. The maximum Gasteiger partial charge on any atom is 0.341 e. The molecule has 0 radical (unpaired) electrons. The average molecular weight is 402 g/mol. The Morgan fingerprint density at radius 3 is 2.86 bits per heavy atom. The number of furan rings is 1. The first-order valence-corrected chi connectivity index (χ1v) is 8.99. The molecule has 1 aliphatic heterocycles. The molecule has 2 aromatic rings. The van der Waals surface area contributed by atoms with Gasteiger partial charge >= 0.3 is 5.97 Å². The number of methoxy groups -OCH3 is 1. The van der Waals surface area contributed by atoms with Crippen molar-refractivity contribution in [3.8, 4) is 5.75 Å². The Labute approximate surface area is 168 Å². The number of ether oxygens (including phenoxy) is 2. The lowest BCUT2D eigenvalue weighted by atomic mass is 10.1. The first-order valence-electron chi connectivity index (χ1n) is 8.61. The standard InChI is InChI=1S/C21H20ClNO5/c1-13-18(21(25)26-3)10-17(28-13)11-23(2)20(24)7-4-14-8-15-9-16(22)5-6-19(15)27-12-14/h4-10H,11-12H2,1-3H3/b7-4+. The molecule has 0 bridgehead atoms. The second-order valence-electron chi connectivity index (χ2n) is 6.39. The van der Waals surface area contributed by atoms with E-state index in [1.807, 2.05) is 18.2 Å². The van der Waals surface area contributed by atoms with Crippen LogP contribution in [0.1, 0.15) is 27.4 Å². The van der Waals surface area contributed by atoms with E-state index in [1.165, 1.54) is 18.1 Å². The Balaban J connectivity index is 1.65. The highest BCUT2D eigenvalue weighted by molar-refractivity contribution is 6.30. The molecule has 6 nitrogen and oxygen atoms in total. The summed E-state index contributed by atoms with van der Waals surface area (Å²) in [7, 11) is 2.97. The highest BCUT2D eigenvalue weighted by Gasteiger charge is 2.17. The molecule has 0 saturated heterocycles. The molecule has 1 amide bonds. The van der Waals surface area contributed by atoms with Crippen molar-refractivity contribution in [2.24, 2.45) is 0 Å². The summed E-state index contributed by atoms with van der Waals surface area (Å²) in [6.45, 7) is 2.29. The summed E-state index contributed by atoms with van der Waals surface area (Å²) in [5.74, 6) is 1.06. The summed E-state index contributed by atoms with van der Waals surface area (Å²) in [5.41, 5.74) is 2.09. The number of aryl methyl sites for hydroxylation is 1. The topological polar surface area (TPSA) is 69.0 Å². The van der Waals surface area contributed by atoms with Crippen molar-refractivity contribution in [3.63, 3.8) is 0 Å². The Kier molecular flexibility index (Phi) is 5.90. The lowest BCUT2D eigenvalue weighted by Gasteiger charge is -2.17. The Hall–Kier alpha value is -2.99. The molecular weight excluding hydrogens is 382 g/mol. The van der Waals surface area contributed by atoms with Crippen LogP contribution in [0.15, 0.2) is 46.4 Å². The minimum Gasteiger partial charge on any atom is -0.488 e. The van der Waals surface area contributed by atoms with Crippen molar-refractivity contribution in [2.45, 2.75) is 13.5 Å². The number of carbonyl (C=O) groups is 2. The molecule has 2 heterocycles. The van der Waals surface area contributed by atoms with Crippen LogP contribution >= 0.6 is 11.6 Å². The van der Waals surface area contributed by atoms with Crippen molar-refractivity contribution < 1.29 is 23.5 Å². The minimum atomic E-state index is -0.467. The molecule has 0 fully saturated rings. The van der Waals surface area contributed by atoms with Gasteiger partial charge in [0.15, 0.2) is 0 Å². The van der Waals surface area contributed by atoms with Crippen LogP contribution in [0.2, 0.25) is 5.02 Å². The van der Waals surface area contributed by atoms with Gasteiger partial charge in [-0.3, -0.25) is 4.79 Å². The number of halogens is 1. The van der Waals surface area contributed by atoms with Gasteiger partial charge in [0.1, 0.15) is 29.4 Å². The summed E-state index contributed by atoms with van der Waals surface area (Å²) in [6, 6.07) is 7.00. The van der Waals surface area contributed by atoms with Gasteiger partial charge in [-0.25, -0.2) is 4.79 Å². The first kappa shape index (κ1) is 19.8. The summed E-state index contributed by atoms with van der Waals surface area (Å²) in [4.78, 5) is 25.5. The number of esters is 1. The number of likely N-dealkylation sites (N-methyl/N-ethyl adjacent to an activating group) is 1. The van der Waals surface area contributed by atoms with Gasteiger partial charge in [-0.2, -0.15) is 0 Å². The van der Waals surface area contributed by atoms with Gasteiger partial charge in [-0.1, -0.05) is 17.7 Å². The van der Waals surface area contributed by atoms with Crippen LogP contribution in [-0.2, 0) is 16.1 Å². The van der Waals surface area contributed by atoms with E-state index in [0.717, 1.165) is 16.9 Å². The van der Waals surface area contributed by atoms with Crippen LogP contribution in [0.5, 0.6) is 5.75 Å². The van der Waals surface area contributed by atoms with Gasteiger partial charge in [-0.15, -0.1) is 0 Å². The van der Waals surface area contributed by atoms with Gasteiger partial charge in [0.05, 0.1) is 13.7 Å². The van der Waals surface area contributed by atoms with Gasteiger partial charge < -0.3 is 18.8 Å². The molecule has 0 atom stereocenters. The second kappa shape index (κ2) is 8.35. The van der Waals surface area contributed by atoms with E-state index in [-0.39, 0.29) is 12.5 Å². The number of benzene rings is 1. The number of rotatable bonds is 5. The lowest BCUT2D eigenvalue weighted by molar-refractivity contribution is -0.125. The van der Waals surface area contributed by atoms with Crippen molar-refractivity contribution in [2.75, 3.05) is 20.8 Å². The first-order chi connectivity index (χ1) is 13.4. The van der Waals surface area contributed by atoms with E-state index < -0.39 is 5.97 Å². The zero-order valence-electron chi connectivity index (χ0n) is 15.8. The maximum atomic E-state index is 12.4. The lowest BCUT2D eigenvalue weighted by Crippen LogP contribution is -2.24. The van der Waals surface area contributed by atoms with E-state index >= 15 is 0 Å². The molecule has 0 aliphatic carbocycles. The molecule has 0 spiro atoms. The number of amides is 1. The van der Waals surface area contributed by atoms with E-state index in [2.05, 4.69) is 0 Å². The fourth-order valence-corrected chi connectivity index (χ4v) is 2.99. The van der Waals surface area contributed by atoms with Crippen LogP contribution in [-0.4, -0.2) is 37.5 Å². The molecule has 1 aromatic heterocycles. The third-order valence-corrected chi connectivity index (χ3v) is 4.53. The van der Waals surface area contributed by atoms with Crippen molar-refractivity contribution in [1.82, 2.24) is 4.90 Å². The Morgan fingerprint density at radius 2 is 2.11 bits per heavy atom. The maximum absolute atomic E-state index is 12.4. The molecule has 0 unspecified atom stereocenters. The summed E-state index contributed by atoms with van der Waals surface area (Å²) in [6.07, 6.45) is 5.13. The number of nitrogens with zero attached hydrogens (tertiary/aromatic N) is 1. The van der Waals surface area contributed by atoms with E-state index in [4.69, 9.17) is 25.5 Å². The molecule has 1 aliphatic rings. The van der Waals surface area contributed by atoms with Gasteiger partial charge in [0, 0.05) is 23.7 Å². The largest absolute Gasteiger partial charge is 0.488 e. The highest BCUT2D eigenvalue weighted by Crippen LogP contribution is 2.29. The normalized spacial score (nSPS) is 12.9. The quantitative estimate of drug-likeness (QED) is 0.559. The zero-order valence-corrected chi connectivity index (χ0v) is 16.6. The molecular formula is C21H20ClNO5. The summed E-state index contributed by atoms with van der Waals surface area (Å²) >= 11 is 6.01. The van der Waals surface area contributed by atoms with Crippen LogP contribution < -0.4 is 4.74 Å².